The molecule has 0 atom stereocenters. The molecule has 4 nitrogen and oxygen atoms in total. The molecule has 0 saturated carbocycles. The number of aromatic nitrogens is 1. The Hall–Kier alpha value is -1.62. The van der Waals surface area contributed by atoms with Gasteiger partial charge >= 0.3 is 0 Å². The number of sulfone groups is 1. The smallest absolute Gasteiger partial charge is 0.199 e. The van der Waals surface area contributed by atoms with Gasteiger partial charge in [0.1, 0.15) is 12.0 Å². The molecule has 0 spiro atoms. The van der Waals surface area contributed by atoms with Crippen LogP contribution in [0.25, 0.3) is 0 Å². The van der Waals surface area contributed by atoms with E-state index in [2.05, 4.69) is 4.98 Å². The van der Waals surface area contributed by atoms with E-state index in [4.69, 9.17) is 4.42 Å². The Morgan fingerprint density at radius 2 is 1.86 bits per heavy atom. The Kier molecular flexibility index (Phi) is 3.97. The van der Waals surface area contributed by atoms with E-state index in [0.29, 0.717) is 16.5 Å². The minimum Gasteiger partial charge on any atom is -0.448 e. The van der Waals surface area contributed by atoms with Crippen molar-refractivity contribution >= 4 is 9.84 Å². The highest BCUT2D eigenvalue weighted by molar-refractivity contribution is 7.90. The van der Waals surface area contributed by atoms with E-state index in [-0.39, 0.29) is 11.2 Å². The van der Waals surface area contributed by atoms with Crippen LogP contribution >= 0.6 is 0 Å². The van der Waals surface area contributed by atoms with Crippen molar-refractivity contribution in [2.75, 3.05) is 0 Å². The maximum Gasteiger partial charge on any atom is 0.199 e. The monoisotopic (exact) mass is 307 g/mol. The summed E-state index contributed by atoms with van der Waals surface area (Å²) in [7, 11) is -3.42. The van der Waals surface area contributed by atoms with Gasteiger partial charge in [-0.2, -0.15) is 0 Å². The van der Waals surface area contributed by atoms with Crippen LogP contribution in [0.5, 0.6) is 0 Å². The molecule has 21 heavy (non-hydrogen) atoms. The number of hydrogen-bond acceptors (Lipinski definition) is 4. The zero-order valence-electron chi connectivity index (χ0n) is 13.1. The molecule has 2 aromatic rings. The zero-order chi connectivity index (χ0) is 15.8. The lowest BCUT2D eigenvalue weighted by molar-refractivity contribution is 0.392. The Balaban J connectivity index is 2.34. The van der Waals surface area contributed by atoms with E-state index < -0.39 is 9.84 Å². The third-order valence-corrected chi connectivity index (χ3v) is 5.00. The standard InChI is InChI=1S/C16H21NO3S/c1-11-6-7-12(2)14(8-11)21(18,19)10-13-9-20-15(17-13)16(3,4)5/h6-9H,10H2,1-5H3. The molecule has 0 N–H and O–H groups in total. The Morgan fingerprint density at radius 3 is 2.43 bits per heavy atom. The van der Waals surface area contributed by atoms with Crippen LogP contribution in [0, 0.1) is 13.8 Å². The molecule has 0 amide bonds. The number of oxazole rings is 1. The van der Waals surface area contributed by atoms with Crippen molar-refractivity contribution in [3.63, 3.8) is 0 Å². The number of nitrogens with zero attached hydrogens (tertiary/aromatic N) is 1. The van der Waals surface area contributed by atoms with E-state index in [9.17, 15) is 8.42 Å². The van der Waals surface area contributed by atoms with E-state index in [1.165, 1.54) is 6.26 Å². The van der Waals surface area contributed by atoms with Crippen LogP contribution in [0.4, 0.5) is 0 Å². The third-order valence-electron chi connectivity index (χ3n) is 3.21. The van der Waals surface area contributed by atoms with Gasteiger partial charge in [0.2, 0.25) is 0 Å². The molecule has 1 aromatic carbocycles. The number of aryl methyl sites for hydroxylation is 2. The molecular weight excluding hydrogens is 286 g/mol. The number of hydrogen-bond donors (Lipinski definition) is 0. The maximum atomic E-state index is 12.6. The second-order valence-corrected chi connectivity index (χ2v) is 8.38. The van der Waals surface area contributed by atoms with E-state index in [1.807, 2.05) is 39.8 Å². The Labute approximate surface area is 126 Å². The van der Waals surface area contributed by atoms with Gasteiger partial charge in [-0.25, -0.2) is 13.4 Å². The lowest BCUT2D eigenvalue weighted by Crippen LogP contribution is -2.12. The first-order valence-corrected chi connectivity index (χ1v) is 8.50. The summed E-state index contributed by atoms with van der Waals surface area (Å²) in [5, 5.41) is 0. The first kappa shape index (κ1) is 15.8. The fourth-order valence-electron chi connectivity index (χ4n) is 2.03. The van der Waals surface area contributed by atoms with Crippen LogP contribution in [-0.2, 0) is 21.0 Å². The molecule has 0 bridgehead atoms. The zero-order valence-corrected chi connectivity index (χ0v) is 13.9. The normalized spacial score (nSPS) is 12.6. The van der Waals surface area contributed by atoms with E-state index in [1.54, 1.807) is 13.0 Å². The van der Waals surface area contributed by atoms with E-state index >= 15 is 0 Å². The topological polar surface area (TPSA) is 60.2 Å². The molecule has 0 radical (unpaired) electrons. The summed E-state index contributed by atoms with van der Waals surface area (Å²) in [6.45, 7) is 9.60. The third kappa shape index (κ3) is 3.53. The van der Waals surface area contributed by atoms with Crippen molar-refractivity contribution in [1.82, 2.24) is 4.98 Å². The van der Waals surface area contributed by atoms with Crippen LogP contribution in [-0.4, -0.2) is 13.4 Å². The molecule has 5 heteroatoms. The van der Waals surface area contributed by atoms with Crippen molar-refractivity contribution in [3.05, 3.63) is 47.2 Å². The summed E-state index contributed by atoms with van der Waals surface area (Å²) in [6.07, 6.45) is 1.43. The van der Waals surface area contributed by atoms with Crippen molar-refractivity contribution in [2.45, 2.75) is 50.7 Å². The van der Waals surface area contributed by atoms with Crippen LogP contribution in [0.1, 0.15) is 43.5 Å². The second-order valence-electron chi connectivity index (χ2n) is 6.42. The summed E-state index contributed by atoms with van der Waals surface area (Å²) in [4.78, 5) is 4.66. The van der Waals surface area contributed by atoms with Gasteiger partial charge in [-0.3, -0.25) is 0 Å². The van der Waals surface area contributed by atoms with Gasteiger partial charge in [0.25, 0.3) is 0 Å². The van der Waals surface area contributed by atoms with Crippen molar-refractivity contribution < 1.29 is 12.8 Å². The second kappa shape index (κ2) is 5.30. The molecule has 0 aliphatic rings. The average Bonchev–Trinajstić information content (AvgIpc) is 2.79. The molecule has 1 heterocycles. The first-order valence-electron chi connectivity index (χ1n) is 6.84. The minimum atomic E-state index is -3.42. The van der Waals surface area contributed by atoms with Crippen LogP contribution < -0.4 is 0 Å². The van der Waals surface area contributed by atoms with Gasteiger partial charge < -0.3 is 4.42 Å². The predicted octanol–water partition coefficient (Wildman–Crippen LogP) is 3.56. The molecule has 0 aliphatic carbocycles. The summed E-state index contributed by atoms with van der Waals surface area (Å²) in [6, 6.07) is 5.43. The van der Waals surface area contributed by atoms with E-state index in [0.717, 1.165) is 11.1 Å². The molecule has 0 saturated heterocycles. The first-order chi connectivity index (χ1) is 9.59. The predicted molar refractivity (Wildman–Crippen MR) is 82.0 cm³/mol. The highest BCUT2D eigenvalue weighted by atomic mass is 32.2. The van der Waals surface area contributed by atoms with Gasteiger partial charge in [0, 0.05) is 5.41 Å². The van der Waals surface area contributed by atoms with Gasteiger partial charge in [-0.05, 0) is 31.0 Å². The summed E-state index contributed by atoms with van der Waals surface area (Å²) < 4.78 is 30.5. The average molecular weight is 307 g/mol. The van der Waals surface area contributed by atoms with Crippen LogP contribution in [0.15, 0.2) is 33.8 Å². The fourth-order valence-corrected chi connectivity index (χ4v) is 3.63. The SMILES string of the molecule is Cc1ccc(C)c(S(=O)(=O)Cc2coc(C(C)(C)C)n2)c1. The largest absolute Gasteiger partial charge is 0.448 e. The quantitative estimate of drug-likeness (QED) is 0.870. The van der Waals surface area contributed by atoms with Crippen molar-refractivity contribution in [3.8, 4) is 0 Å². The molecule has 0 aliphatic heterocycles. The lowest BCUT2D eigenvalue weighted by atomic mass is 9.97. The van der Waals surface area contributed by atoms with Gasteiger partial charge in [-0.15, -0.1) is 0 Å². The number of rotatable bonds is 3. The minimum absolute atomic E-state index is 0.142. The lowest BCUT2D eigenvalue weighted by Gasteiger charge is -2.12. The van der Waals surface area contributed by atoms with Gasteiger partial charge in [-0.1, -0.05) is 32.9 Å². The Bertz CT molecular complexity index is 752. The summed E-state index contributed by atoms with van der Waals surface area (Å²) in [5.41, 5.74) is 1.89. The van der Waals surface area contributed by atoms with Crippen LogP contribution in [0.2, 0.25) is 0 Å². The van der Waals surface area contributed by atoms with Crippen molar-refractivity contribution in [2.24, 2.45) is 0 Å². The highest BCUT2D eigenvalue weighted by Crippen LogP contribution is 2.24. The molecular formula is C16H21NO3S. The Morgan fingerprint density at radius 1 is 1.19 bits per heavy atom. The molecule has 1 aromatic heterocycles. The molecule has 0 unspecified atom stereocenters. The molecule has 0 fully saturated rings. The summed E-state index contributed by atoms with van der Waals surface area (Å²) in [5.74, 6) is 0.408. The highest BCUT2D eigenvalue weighted by Gasteiger charge is 2.24. The van der Waals surface area contributed by atoms with Crippen LogP contribution in [0.3, 0.4) is 0 Å². The number of benzene rings is 1. The van der Waals surface area contributed by atoms with Gasteiger partial charge in [0.15, 0.2) is 15.7 Å². The molecule has 114 valence electrons. The maximum absolute atomic E-state index is 12.6. The summed E-state index contributed by atoms with van der Waals surface area (Å²) >= 11 is 0. The fraction of sp³-hybridized carbons (Fsp3) is 0.438. The van der Waals surface area contributed by atoms with Gasteiger partial charge in [0.05, 0.1) is 10.6 Å². The molecule has 2 rings (SSSR count). The van der Waals surface area contributed by atoms with Crippen molar-refractivity contribution in [1.29, 1.82) is 0 Å².